The first-order valence-electron chi connectivity index (χ1n) is 9.56. The van der Waals surface area contributed by atoms with Crippen molar-refractivity contribution in [2.45, 2.75) is 32.2 Å². The first-order chi connectivity index (χ1) is 13.6. The molecule has 1 aromatic heterocycles. The summed E-state index contributed by atoms with van der Waals surface area (Å²) in [5, 5.41) is 11.7. The van der Waals surface area contributed by atoms with Crippen LogP contribution in [0.3, 0.4) is 0 Å². The summed E-state index contributed by atoms with van der Waals surface area (Å²) in [5.74, 6) is 1.13. The third-order valence-corrected chi connectivity index (χ3v) is 4.91. The molecule has 2 aromatic carbocycles. The molecule has 1 amide bonds. The fraction of sp³-hybridized carbons (Fsp3) is 0.261. The Morgan fingerprint density at radius 2 is 1.93 bits per heavy atom. The van der Waals surface area contributed by atoms with Crippen LogP contribution >= 0.6 is 0 Å². The number of carbonyl (C=O) groups excluding carboxylic acids is 1. The molecule has 3 aromatic rings. The molecule has 0 spiro atoms. The monoisotopic (exact) mass is 373 g/mol. The summed E-state index contributed by atoms with van der Waals surface area (Å²) in [6.07, 6.45) is 0.768. The van der Waals surface area contributed by atoms with E-state index in [1.165, 1.54) is 0 Å². The van der Waals surface area contributed by atoms with E-state index in [0.29, 0.717) is 18.1 Å². The van der Waals surface area contributed by atoms with E-state index in [4.69, 9.17) is 4.74 Å². The Kier molecular flexibility index (Phi) is 5.06. The molecule has 1 atom stereocenters. The van der Waals surface area contributed by atoms with Gasteiger partial charge in [-0.1, -0.05) is 44.2 Å². The molecular formula is C23H23N3O2. The molecule has 0 unspecified atom stereocenters. The van der Waals surface area contributed by atoms with Crippen LogP contribution in [0.15, 0.2) is 60.7 Å². The molecule has 0 fully saturated rings. The average molecular weight is 373 g/mol. The van der Waals surface area contributed by atoms with Crippen molar-refractivity contribution in [3.63, 3.8) is 0 Å². The molecule has 5 heteroatoms. The van der Waals surface area contributed by atoms with Crippen molar-refractivity contribution in [2.24, 2.45) is 0 Å². The summed E-state index contributed by atoms with van der Waals surface area (Å²) in [4.78, 5) is 12.7. The van der Waals surface area contributed by atoms with Crippen molar-refractivity contribution >= 4 is 5.91 Å². The molecule has 2 heterocycles. The van der Waals surface area contributed by atoms with Gasteiger partial charge in [0.15, 0.2) is 0 Å². The summed E-state index contributed by atoms with van der Waals surface area (Å²) in [6, 6.07) is 19.3. The third-order valence-electron chi connectivity index (χ3n) is 4.91. The standard InChI is InChI=1S/C23H23N3O2/c1-15(2)20-10-11-21(26-25-20)16-7-5-8-18(12-16)23(27)24-19-13-17-6-3-4-9-22(17)28-14-19/h3-12,15,19H,13-14H2,1-2H3,(H,24,27)/t19-/m1/s1. The Hall–Kier alpha value is -3.21. The smallest absolute Gasteiger partial charge is 0.251 e. The van der Waals surface area contributed by atoms with Gasteiger partial charge in [0, 0.05) is 11.1 Å². The van der Waals surface area contributed by atoms with Crippen LogP contribution in [0.4, 0.5) is 0 Å². The van der Waals surface area contributed by atoms with Crippen molar-refractivity contribution < 1.29 is 9.53 Å². The largest absolute Gasteiger partial charge is 0.491 e. The summed E-state index contributed by atoms with van der Waals surface area (Å²) in [7, 11) is 0. The van der Waals surface area contributed by atoms with E-state index in [1.807, 2.05) is 60.7 Å². The minimum Gasteiger partial charge on any atom is -0.491 e. The number of carbonyl (C=O) groups is 1. The Labute approximate surface area is 164 Å². The van der Waals surface area contributed by atoms with Crippen LogP contribution in [0, 0.1) is 0 Å². The van der Waals surface area contributed by atoms with Crippen molar-refractivity contribution in [3.05, 3.63) is 77.5 Å². The van der Waals surface area contributed by atoms with E-state index < -0.39 is 0 Å². The fourth-order valence-corrected chi connectivity index (χ4v) is 3.31. The van der Waals surface area contributed by atoms with Crippen LogP contribution < -0.4 is 10.1 Å². The topological polar surface area (TPSA) is 64.1 Å². The van der Waals surface area contributed by atoms with E-state index in [9.17, 15) is 4.79 Å². The van der Waals surface area contributed by atoms with E-state index in [1.54, 1.807) is 0 Å². The molecule has 0 aliphatic carbocycles. The Morgan fingerprint density at radius 3 is 2.71 bits per heavy atom. The summed E-state index contributed by atoms with van der Waals surface area (Å²) < 4.78 is 5.76. The van der Waals surface area contributed by atoms with Crippen LogP contribution in [0.25, 0.3) is 11.3 Å². The lowest BCUT2D eigenvalue weighted by molar-refractivity contribution is 0.0915. The zero-order chi connectivity index (χ0) is 19.5. The Balaban J connectivity index is 1.47. The normalized spacial score (nSPS) is 15.6. The van der Waals surface area contributed by atoms with Crippen LogP contribution in [0.1, 0.15) is 41.4 Å². The molecule has 28 heavy (non-hydrogen) atoms. The number of para-hydroxylation sites is 1. The van der Waals surface area contributed by atoms with Crippen LogP contribution in [0.5, 0.6) is 5.75 Å². The van der Waals surface area contributed by atoms with E-state index in [0.717, 1.165) is 34.7 Å². The van der Waals surface area contributed by atoms with Gasteiger partial charge in [-0.2, -0.15) is 10.2 Å². The number of nitrogens with zero attached hydrogens (tertiary/aromatic N) is 2. The molecule has 0 bridgehead atoms. The van der Waals surface area contributed by atoms with Gasteiger partial charge in [-0.25, -0.2) is 0 Å². The number of rotatable bonds is 4. The lowest BCUT2D eigenvalue weighted by atomic mass is 10.0. The molecule has 1 aliphatic heterocycles. The molecule has 0 saturated carbocycles. The van der Waals surface area contributed by atoms with Gasteiger partial charge in [0.1, 0.15) is 12.4 Å². The highest BCUT2D eigenvalue weighted by Crippen LogP contribution is 2.24. The van der Waals surface area contributed by atoms with E-state index in [-0.39, 0.29) is 11.9 Å². The Morgan fingerprint density at radius 1 is 1.07 bits per heavy atom. The number of hydrogen-bond acceptors (Lipinski definition) is 4. The maximum Gasteiger partial charge on any atom is 0.251 e. The minimum atomic E-state index is -0.110. The average Bonchev–Trinajstić information content (AvgIpc) is 2.74. The number of hydrogen-bond donors (Lipinski definition) is 1. The van der Waals surface area contributed by atoms with Gasteiger partial charge >= 0.3 is 0 Å². The predicted octanol–water partition coefficient (Wildman–Crippen LogP) is 4.00. The van der Waals surface area contributed by atoms with Gasteiger partial charge in [-0.05, 0) is 48.2 Å². The predicted molar refractivity (Wildman–Crippen MR) is 108 cm³/mol. The number of nitrogens with one attached hydrogen (secondary N) is 1. The molecule has 0 radical (unpaired) electrons. The zero-order valence-electron chi connectivity index (χ0n) is 16.1. The van der Waals surface area contributed by atoms with Crippen molar-refractivity contribution in [1.82, 2.24) is 15.5 Å². The van der Waals surface area contributed by atoms with Gasteiger partial charge in [0.05, 0.1) is 17.4 Å². The number of ether oxygens (including phenoxy) is 1. The summed E-state index contributed by atoms with van der Waals surface area (Å²) >= 11 is 0. The first kappa shape index (κ1) is 18.2. The Bertz CT molecular complexity index is 983. The van der Waals surface area contributed by atoms with E-state index in [2.05, 4.69) is 29.4 Å². The van der Waals surface area contributed by atoms with Crippen LogP contribution in [-0.2, 0) is 6.42 Å². The highest BCUT2D eigenvalue weighted by molar-refractivity contribution is 5.95. The van der Waals surface area contributed by atoms with Crippen molar-refractivity contribution in [2.75, 3.05) is 6.61 Å². The molecule has 142 valence electrons. The van der Waals surface area contributed by atoms with Crippen molar-refractivity contribution in [1.29, 1.82) is 0 Å². The maximum atomic E-state index is 12.7. The lowest BCUT2D eigenvalue weighted by Gasteiger charge is -2.26. The highest BCUT2D eigenvalue weighted by Gasteiger charge is 2.21. The second kappa shape index (κ2) is 7.80. The summed E-state index contributed by atoms with van der Waals surface area (Å²) in [5.41, 5.74) is 4.31. The number of benzene rings is 2. The molecule has 0 saturated heterocycles. The molecule has 1 N–H and O–H groups in total. The molecule has 1 aliphatic rings. The van der Waals surface area contributed by atoms with Gasteiger partial charge in [0.25, 0.3) is 5.91 Å². The van der Waals surface area contributed by atoms with Crippen molar-refractivity contribution in [3.8, 4) is 17.0 Å². The number of fused-ring (bicyclic) bond motifs is 1. The van der Waals surface area contributed by atoms with Gasteiger partial charge < -0.3 is 10.1 Å². The second-order valence-corrected chi connectivity index (χ2v) is 7.37. The SMILES string of the molecule is CC(C)c1ccc(-c2cccc(C(=O)N[C@H]3COc4ccccc4C3)c2)nn1. The number of aromatic nitrogens is 2. The molecule has 5 nitrogen and oxygen atoms in total. The number of amides is 1. The van der Waals surface area contributed by atoms with Gasteiger partial charge in [0.2, 0.25) is 0 Å². The summed E-state index contributed by atoms with van der Waals surface area (Å²) in [6.45, 7) is 4.65. The van der Waals surface area contributed by atoms with Crippen LogP contribution in [0.2, 0.25) is 0 Å². The zero-order valence-corrected chi connectivity index (χ0v) is 16.1. The van der Waals surface area contributed by atoms with Crippen LogP contribution in [-0.4, -0.2) is 28.8 Å². The second-order valence-electron chi connectivity index (χ2n) is 7.37. The van der Waals surface area contributed by atoms with E-state index >= 15 is 0 Å². The highest BCUT2D eigenvalue weighted by atomic mass is 16.5. The first-order valence-corrected chi connectivity index (χ1v) is 9.56. The van der Waals surface area contributed by atoms with Gasteiger partial charge in [-0.15, -0.1) is 0 Å². The minimum absolute atomic E-state index is 0.0452. The maximum absolute atomic E-state index is 12.7. The van der Waals surface area contributed by atoms with Gasteiger partial charge in [-0.3, -0.25) is 4.79 Å². The quantitative estimate of drug-likeness (QED) is 0.751. The molecule has 4 rings (SSSR count). The third kappa shape index (κ3) is 3.88. The lowest BCUT2D eigenvalue weighted by Crippen LogP contribution is -2.42. The fourth-order valence-electron chi connectivity index (χ4n) is 3.31. The molecular weight excluding hydrogens is 350 g/mol.